The number of esters is 1. The normalized spacial score (nSPS) is 16.1. The van der Waals surface area contributed by atoms with Gasteiger partial charge in [-0.15, -0.1) is 0 Å². The molecule has 0 aliphatic carbocycles. The van der Waals surface area contributed by atoms with Crippen LogP contribution in [0.2, 0.25) is 0 Å². The van der Waals surface area contributed by atoms with Crippen LogP contribution in [0.4, 0.5) is 0 Å². The maximum Gasteiger partial charge on any atom is 0.308 e. The molecular weight excluding hydrogens is 372 g/mol. The number of methoxy groups -OCH3 is 1. The molecule has 152 valence electrons. The zero-order valence-corrected chi connectivity index (χ0v) is 16.3. The molecule has 1 saturated heterocycles. The van der Waals surface area contributed by atoms with E-state index in [1.165, 1.54) is 12.0 Å². The number of hydrogen-bond donors (Lipinski definition) is 1. The van der Waals surface area contributed by atoms with E-state index in [0.717, 1.165) is 11.1 Å². The van der Waals surface area contributed by atoms with Gasteiger partial charge in [-0.1, -0.05) is 48.5 Å². The van der Waals surface area contributed by atoms with Crippen molar-refractivity contribution in [2.24, 2.45) is 0 Å². The van der Waals surface area contributed by atoms with Crippen molar-refractivity contribution in [3.8, 4) is 5.75 Å². The van der Waals surface area contributed by atoms with E-state index in [9.17, 15) is 14.4 Å². The number of carbonyl (C=O) groups is 3. The molecule has 0 bridgehead atoms. The Morgan fingerprint density at radius 3 is 2.59 bits per heavy atom. The number of rotatable bonds is 7. The van der Waals surface area contributed by atoms with E-state index in [4.69, 9.17) is 4.74 Å². The molecule has 7 nitrogen and oxygen atoms in total. The van der Waals surface area contributed by atoms with E-state index in [-0.39, 0.29) is 24.8 Å². The minimum atomic E-state index is -0.883. The van der Waals surface area contributed by atoms with Crippen molar-refractivity contribution in [1.29, 1.82) is 0 Å². The molecule has 0 saturated carbocycles. The van der Waals surface area contributed by atoms with Crippen molar-refractivity contribution in [1.82, 2.24) is 10.2 Å². The molecule has 1 heterocycles. The van der Waals surface area contributed by atoms with Crippen molar-refractivity contribution in [2.45, 2.75) is 18.9 Å². The van der Waals surface area contributed by atoms with Gasteiger partial charge in [0.1, 0.15) is 11.8 Å². The molecule has 2 amide bonds. The predicted octanol–water partition coefficient (Wildman–Crippen LogP) is 1.55. The van der Waals surface area contributed by atoms with Gasteiger partial charge < -0.3 is 19.7 Å². The number of nitrogens with one attached hydrogen (secondary N) is 1. The second-order valence-corrected chi connectivity index (χ2v) is 6.73. The Bertz CT molecular complexity index is 869. The lowest BCUT2D eigenvalue weighted by atomic mass is 10.0. The number of ether oxygens (including phenoxy) is 2. The number of hydrogen-bond acceptors (Lipinski definition) is 5. The summed E-state index contributed by atoms with van der Waals surface area (Å²) in [4.78, 5) is 37.9. The summed E-state index contributed by atoms with van der Waals surface area (Å²) in [5, 5.41) is 2.68. The van der Waals surface area contributed by atoms with Gasteiger partial charge in [0, 0.05) is 19.5 Å². The summed E-state index contributed by atoms with van der Waals surface area (Å²) in [6.45, 7) is 0.449. The van der Waals surface area contributed by atoms with Gasteiger partial charge in [-0.2, -0.15) is 0 Å². The summed E-state index contributed by atoms with van der Waals surface area (Å²) in [6, 6.07) is 16.7. The Morgan fingerprint density at radius 2 is 1.83 bits per heavy atom. The minimum Gasteiger partial charge on any atom is -0.483 e. The molecule has 2 aromatic rings. The fourth-order valence-electron chi connectivity index (χ4n) is 3.29. The summed E-state index contributed by atoms with van der Waals surface area (Å²) in [5.74, 6) is -0.627. The zero-order chi connectivity index (χ0) is 20.6. The van der Waals surface area contributed by atoms with Crippen LogP contribution in [0, 0.1) is 0 Å². The van der Waals surface area contributed by atoms with E-state index in [1.54, 1.807) is 0 Å². The van der Waals surface area contributed by atoms with Gasteiger partial charge in [0.05, 0.1) is 13.5 Å². The van der Waals surface area contributed by atoms with Crippen molar-refractivity contribution >= 4 is 17.8 Å². The van der Waals surface area contributed by atoms with E-state index < -0.39 is 12.0 Å². The molecule has 7 heteroatoms. The second-order valence-electron chi connectivity index (χ2n) is 6.73. The summed E-state index contributed by atoms with van der Waals surface area (Å²) in [6.07, 6.45) is 0.501. The van der Waals surface area contributed by atoms with Gasteiger partial charge >= 0.3 is 5.97 Å². The van der Waals surface area contributed by atoms with Crippen molar-refractivity contribution < 1.29 is 23.9 Å². The minimum absolute atomic E-state index is 0.182. The highest BCUT2D eigenvalue weighted by Gasteiger charge is 2.35. The first kappa shape index (κ1) is 20.4. The lowest BCUT2D eigenvalue weighted by Gasteiger charge is -2.34. The van der Waals surface area contributed by atoms with Crippen LogP contribution in [0.3, 0.4) is 0 Å². The first-order valence-electron chi connectivity index (χ1n) is 9.47. The summed E-state index contributed by atoms with van der Waals surface area (Å²) >= 11 is 0. The molecule has 0 unspecified atom stereocenters. The van der Waals surface area contributed by atoms with Gasteiger partial charge in [-0.25, -0.2) is 0 Å². The van der Waals surface area contributed by atoms with Gasteiger partial charge in [-0.05, 0) is 17.2 Å². The van der Waals surface area contributed by atoms with Crippen LogP contribution in [-0.2, 0) is 25.5 Å². The predicted molar refractivity (Wildman–Crippen MR) is 106 cm³/mol. The van der Waals surface area contributed by atoms with E-state index in [2.05, 4.69) is 10.1 Å². The molecule has 0 spiro atoms. The highest BCUT2D eigenvalue weighted by atomic mass is 16.5. The molecule has 0 aromatic heterocycles. The topological polar surface area (TPSA) is 84.9 Å². The molecule has 1 aliphatic heterocycles. The Morgan fingerprint density at radius 1 is 1.10 bits per heavy atom. The highest BCUT2D eigenvalue weighted by Crippen LogP contribution is 2.22. The molecule has 1 fully saturated rings. The number of nitrogens with zero attached hydrogens (tertiary/aromatic N) is 1. The van der Waals surface area contributed by atoms with Crippen LogP contribution in [-0.4, -0.2) is 55.5 Å². The Labute approximate surface area is 169 Å². The van der Waals surface area contributed by atoms with Crippen molar-refractivity contribution in [2.75, 3.05) is 26.8 Å². The average Bonchev–Trinajstić information content (AvgIpc) is 2.75. The third-order valence-corrected chi connectivity index (χ3v) is 4.80. The summed E-state index contributed by atoms with van der Waals surface area (Å²) < 4.78 is 10.4. The maximum absolute atomic E-state index is 12.7. The first-order chi connectivity index (χ1) is 14.1. The fourth-order valence-corrected chi connectivity index (χ4v) is 3.29. The number of benzene rings is 2. The molecule has 29 heavy (non-hydrogen) atoms. The van der Waals surface area contributed by atoms with Crippen molar-refractivity contribution in [3.05, 3.63) is 65.7 Å². The average molecular weight is 396 g/mol. The lowest BCUT2D eigenvalue weighted by Crippen LogP contribution is -2.58. The van der Waals surface area contributed by atoms with Gasteiger partial charge in [-0.3, -0.25) is 14.4 Å². The van der Waals surface area contributed by atoms with Crippen LogP contribution >= 0.6 is 0 Å². The Kier molecular flexibility index (Phi) is 6.84. The van der Waals surface area contributed by atoms with E-state index >= 15 is 0 Å². The van der Waals surface area contributed by atoms with Gasteiger partial charge in [0.25, 0.3) is 5.91 Å². The molecule has 3 rings (SSSR count). The second kappa shape index (κ2) is 9.73. The molecule has 1 aliphatic rings. The number of piperazine rings is 1. The fraction of sp³-hybridized carbons (Fsp3) is 0.318. The van der Waals surface area contributed by atoms with Crippen LogP contribution in [0.5, 0.6) is 5.75 Å². The van der Waals surface area contributed by atoms with Crippen LogP contribution in [0.1, 0.15) is 17.5 Å². The third kappa shape index (κ3) is 5.34. The lowest BCUT2D eigenvalue weighted by molar-refractivity contribution is -0.151. The molecular formula is C22H24N2O5. The SMILES string of the molecule is COC(=O)C[C@H]1C(=O)NCCN1C(=O)COc1ccccc1Cc1ccccc1. The standard InChI is InChI=1S/C22H24N2O5/c1-28-21(26)14-18-22(27)23-11-12-24(18)20(25)15-29-19-10-6-5-9-17(19)13-16-7-3-2-4-8-16/h2-10,18H,11-15H2,1H3,(H,23,27)/t18-/m0/s1. The van der Waals surface area contributed by atoms with Crippen LogP contribution in [0.25, 0.3) is 0 Å². The number of carbonyl (C=O) groups excluding carboxylic acids is 3. The maximum atomic E-state index is 12.7. The largest absolute Gasteiger partial charge is 0.483 e. The summed E-state index contributed by atoms with van der Waals surface area (Å²) in [5.41, 5.74) is 2.11. The first-order valence-corrected chi connectivity index (χ1v) is 9.47. The molecule has 1 atom stereocenters. The number of para-hydroxylation sites is 1. The molecule has 2 aromatic carbocycles. The molecule has 1 N–H and O–H groups in total. The Balaban J connectivity index is 1.67. The third-order valence-electron chi connectivity index (χ3n) is 4.80. The quantitative estimate of drug-likeness (QED) is 0.718. The van der Waals surface area contributed by atoms with Crippen molar-refractivity contribution in [3.63, 3.8) is 0 Å². The Hall–Kier alpha value is -3.35. The number of amides is 2. The van der Waals surface area contributed by atoms with Gasteiger partial charge in [0.15, 0.2) is 6.61 Å². The molecule has 0 radical (unpaired) electrons. The van der Waals surface area contributed by atoms with Gasteiger partial charge in [0.2, 0.25) is 5.91 Å². The van der Waals surface area contributed by atoms with Crippen LogP contribution in [0.15, 0.2) is 54.6 Å². The zero-order valence-electron chi connectivity index (χ0n) is 16.3. The monoisotopic (exact) mass is 396 g/mol. The highest BCUT2D eigenvalue weighted by molar-refractivity contribution is 5.92. The van der Waals surface area contributed by atoms with E-state index in [0.29, 0.717) is 25.3 Å². The van der Waals surface area contributed by atoms with Crippen LogP contribution < -0.4 is 10.1 Å². The van der Waals surface area contributed by atoms with E-state index in [1.807, 2.05) is 54.6 Å². The smallest absolute Gasteiger partial charge is 0.308 e. The summed E-state index contributed by atoms with van der Waals surface area (Å²) in [7, 11) is 1.25.